The Kier molecular flexibility index (Phi) is 8.89. The van der Waals surface area contributed by atoms with E-state index in [0.717, 1.165) is 0 Å². The van der Waals surface area contributed by atoms with E-state index in [-0.39, 0.29) is 5.66 Å². The lowest BCUT2D eigenvalue weighted by Gasteiger charge is -2.46. The molecule has 0 aromatic rings. The maximum atomic E-state index is 2.43. The van der Waals surface area contributed by atoms with E-state index in [1.807, 2.05) is 0 Å². The van der Waals surface area contributed by atoms with Gasteiger partial charge < -0.3 is 0 Å². The van der Waals surface area contributed by atoms with Crippen LogP contribution in [0, 0.1) is 0 Å². The molecule has 0 unspecified atom stereocenters. The largest absolute Gasteiger partial charge is 0.291 e. The Hall–Kier alpha value is -0.0800. The zero-order valence-corrected chi connectivity index (χ0v) is 13.1. The Morgan fingerprint density at radius 3 is 1.24 bits per heavy atom. The summed E-state index contributed by atoms with van der Waals surface area (Å²) in [6, 6.07) is 0. The Bertz CT molecular complexity index is 156. The Morgan fingerprint density at radius 1 is 0.647 bits per heavy atom. The average molecular weight is 242 g/mol. The second-order valence-corrected chi connectivity index (χ2v) is 5.69. The van der Waals surface area contributed by atoms with Crippen molar-refractivity contribution in [3.63, 3.8) is 0 Å². The number of hydrogen-bond acceptors (Lipinski definition) is 2. The molecule has 0 heterocycles. The van der Waals surface area contributed by atoms with Crippen LogP contribution >= 0.6 is 0 Å². The SMILES string of the molecule is CCCCCC(CCCCC)(N(C)C)N(C)C. The van der Waals surface area contributed by atoms with Crippen molar-refractivity contribution in [3.05, 3.63) is 0 Å². The van der Waals surface area contributed by atoms with Crippen LogP contribution in [0.1, 0.15) is 65.2 Å². The molecule has 0 N–H and O–H groups in total. The Morgan fingerprint density at radius 2 is 1.00 bits per heavy atom. The van der Waals surface area contributed by atoms with Gasteiger partial charge in [0, 0.05) is 0 Å². The van der Waals surface area contributed by atoms with E-state index in [2.05, 4.69) is 51.8 Å². The van der Waals surface area contributed by atoms with Gasteiger partial charge in [-0.2, -0.15) is 0 Å². The summed E-state index contributed by atoms with van der Waals surface area (Å²) in [5.41, 5.74) is 0.268. The molecule has 0 rings (SSSR count). The molecule has 0 aliphatic carbocycles. The highest BCUT2D eigenvalue weighted by Gasteiger charge is 2.33. The molecule has 2 heteroatoms. The van der Waals surface area contributed by atoms with Gasteiger partial charge in [0.25, 0.3) is 0 Å². The monoisotopic (exact) mass is 242 g/mol. The van der Waals surface area contributed by atoms with E-state index < -0.39 is 0 Å². The smallest absolute Gasteiger partial charge is 0.0727 e. The fraction of sp³-hybridized carbons (Fsp3) is 1.00. The minimum absolute atomic E-state index is 0.268. The van der Waals surface area contributed by atoms with Gasteiger partial charge in [-0.25, -0.2) is 0 Å². The lowest BCUT2D eigenvalue weighted by Crippen LogP contribution is -2.55. The molecule has 0 aromatic carbocycles. The van der Waals surface area contributed by atoms with Crippen LogP contribution in [0.4, 0.5) is 0 Å². The van der Waals surface area contributed by atoms with Crippen molar-refractivity contribution >= 4 is 0 Å². The van der Waals surface area contributed by atoms with Gasteiger partial charge in [0.1, 0.15) is 0 Å². The standard InChI is InChI=1S/C15H34N2/c1-7-9-11-13-15(16(3)4,17(5)6)14-12-10-8-2/h7-14H2,1-6H3. The summed E-state index contributed by atoms with van der Waals surface area (Å²) in [7, 11) is 8.94. The van der Waals surface area contributed by atoms with E-state index in [4.69, 9.17) is 0 Å². The predicted octanol–water partition coefficient (Wildman–Crippen LogP) is 3.97. The topological polar surface area (TPSA) is 6.48 Å². The molecule has 0 amide bonds. The van der Waals surface area contributed by atoms with Crippen LogP contribution in [0.5, 0.6) is 0 Å². The summed E-state index contributed by atoms with van der Waals surface area (Å²) in [6.45, 7) is 4.56. The van der Waals surface area contributed by atoms with Crippen molar-refractivity contribution in [2.24, 2.45) is 0 Å². The molecule has 0 fully saturated rings. The molecule has 0 spiro atoms. The summed E-state index contributed by atoms with van der Waals surface area (Å²) in [4.78, 5) is 4.86. The third-order valence-electron chi connectivity index (χ3n) is 4.03. The van der Waals surface area contributed by atoms with Crippen molar-refractivity contribution in [3.8, 4) is 0 Å². The summed E-state index contributed by atoms with van der Waals surface area (Å²) in [6.07, 6.45) is 10.6. The van der Waals surface area contributed by atoms with Crippen molar-refractivity contribution in [2.45, 2.75) is 70.9 Å². The molecule has 0 saturated carbocycles. The Labute approximate surface area is 109 Å². The van der Waals surface area contributed by atoms with Crippen molar-refractivity contribution in [1.82, 2.24) is 9.80 Å². The highest BCUT2D eigenvalue weighted by Crippen LogP contribution is 2.29. The molecule has 0 bridgehead atoms. The van der Waals surface area contributed by atoms with Crippen LogP contribution in [0.15, 0.2) is 0 Å². The van der Waals surface area contributed by atoms with Gasteiger partial charge in [0.15, 0.2) is 0 Å². The van der Waals surface area contributed by atoms with E-state index in [1.54, 1.807) is 0 Å². The van der Waals surface area contributed by atoms with Gasteiger partial charge in [-0.1, -0.05) is 52.4 Å². The highest BCUT2D eigenvalue weighted by atomic mass is 15.4. The molecule has 0 aliphatic rings. The van der Waals surface area contributed by atoms with E-state index in [9.17, 15) is 0 Å². The molecule has 0 aromatic heterocycles. The van der Waals surface area contributed by atoms with Gasteiger partial charge in [0.2, 0.25) is 0 Å². The Balaban J connectivity index is 4.50. The van der Waals surface area contributed by atoms with Crippen LogP contribution in [0.3, 0.4) is 0 Å². The molecule has 0 saturated heterocycles. The second kappa shape index (κ2) is 8.93. The van der Waals surface area contributed by atoms with Gasteiger partial charge >= 0.3 is 0 Å². The molecule has 17 heavy (non-hydrogen) atoms. The zero-order valence-electron chi connectivity index (χ0n) is 13.1. The van der Waals surface area contributed by atoms with Gasteiger partial charge in [-0.15, -0.1) is 0 Å². The van der Waals surface area contributed by atoms with E-state index in [0.29, 0.717) is 0 Å². The molecule has 0 atom stereocenters. The van der Waals surface area contributed by atoms with E-state index in [1.165, 1.54) is 51.4 Å². The molecular weight excluding hydrogens is 208 g/mol. The fourth-order valence-corrected chi connectivity index (χ4v) is 2.74. The van der Waals surface area contributed by atoms with Gasteiger partial charge in [0.05, 0.1) is 5.66 Å². The molecular formula is C15H34N2. The minimum atomic E-state index is 0.268. The van der Waals surface area contributed by atoms with Crippen LogP contribution in [-0.2, 0) is 0 Å². The summed E-state index contributed by atoms with van der Waals surface area (Å²) in [5, 5.41) is 0. The summed E-state index contributed by atoms with van der Waals surface area (Å²) >= 11 is 0. The van der Waals surface area contributed by atoms with Gasteiger partial charge in [-0.05, 0) is 41.0 Å². The maximum Gasteiger partial charge on any atom is 0.0727 e. The van der Waals surface area contributed by atoms with Crippen LogP contribution in [0.25, 0.3) is 0 Å². The average Bonchev–Trinajstić information content (AvgIpc) is 2.26. The van der Waals surface area contributed by atoms with E-state index >= 15 is 0 Å². The van der Waals surface area contributed by atoms with Crippen molar-refractivity contribution < 1.29 is 0 Å². The lowest BCUT2D eigenvalue weighted by molar-refractivity contribution is -0.0162. The quantitative estimate of drug-likeness (QED) is 0.422. The number of rotatable bonds is 10. The number of nitrogens with zero attached hydrogens (tertiary/aromatic N) is 2. The fourth-order valence-electron chi connectivity index (χ4n) is 2.74. The summed E-state index contributed by atoms with van der Waals surface area (Å²) in [5.74, 6) is 0. The van der Waals surface area contributed by atoms with Gasteiger partial charge in [-0.3, -0.25) is 9.80 Å². The molecule has 2 nitrogen and oxygen atoms in total. The second-order valence-electron chi connectivity index (χ2n) is 5.69. The predicted molar refractivity (Wildman–Crippen MR) is 78.4 cm³/mol. The third kappa shape index (κ3) is 5.39. The molecule has 104 valence electrons. The molecule has 0 aliphatic heterocycles. The van der Waals surface area contributed by atoms with Crippen LogP contribution in [-0.4, -0.2) is 43.7 Å². The maximum absolute atomic E-state index is 2.43. The first-order chi connectivity index (χ1) is 8.01. The summed E-state index contributed by atoms with van der Waals surface area (Å²) < 4.78 is 0. The third-order valence-corrected chi connectivity index (χ3v) is 4.03. The lowest BCUT2D eigenvalue weighted by atomic mass is 9.92. The number of unbranched alkanes of at least 4 members (excludes halogenated alkanes) is 4. The highest BCUT2D eigenvalue weighted by molar-refractivity contribution is 4.85. The number of hydrogen-bond donors (Lipinski definition) is 0. The minimum Gasteiger partial charge on any atom is -0.291 e. The first kappa shape index (κ1) is 16.9. The molecule has 0 radical (unpaired) electrons. The first-order valence-electron chi connectivity index (χ1n) is 7.36. The van der Waals surface area contributed by atoms with Crippen LogP contribution in [0.2, 0.25) is 0 Å². The van der Waals surface area contributed by atoms with Crippen LogP contribution < -0.4 is 0 Å². The normalized spacial score (nSPS) is 12.7. The first-order valence-corrected chi connectivity index (χ1v) is 7.36. The zero-order chi connectivity index (χ0) is 13.3. The van der Waals surface area contributed by atoms with Crippen molar-refractivity contribution in [1.29, 1.82) is 0 Å². The van der Waals surface area contributed by atoms with Crippen molar-refractivity contribution in [2.75, 3.05) is 28.2 Å².